The van der Waals surface area contributed by atoms with E-state index in [-0.39, 0.29) is 16.5 Å². The molecule has 0 radical (unpaired) electrons. The second kappa shape index (κ2) is 5.29. The Labute approximate surface area is 117 Å². The molecule has 1 aliphatic carbocycles. The maximum atomic E-state index is 11.8. The SMILES string of the molecule is CC(Nc1ccc(S(N)(=O)=O)c(N)c1)C(=O)NC1CC1. The first-order valence-corrected chi connectivity index (χ1v) is 7.81. The summed E-state index contributed by atoms with van der Waals surface area (Å²) in [7, 11) is -3.83. The molecule has 1 amide bonds. The van der Waals surface area contributed by atoms with Crippen LogP contribution in [0.1, 0.15) is 19.8 Å². The van der Waals surface area contributed by atoms with E-state index in [0.717, 1.165) is 12.8 Å². The molecular weight excluding hydrogens is 280 g/mol. The second-order valence-electron chi connectivity index (χ2n) is 4.95. The van der Waals surface area contributed by atoms with E-state index in [1.165, 1.54) is 18.2 Å². The number of amides is 1. The van der Waals surface area contributed by atoms with Crippen LogP contribution in [-0.4, -0.2) is 26.4 Å². The van der Waals surface area contributed by atoms with Gasteiger partial charge in [-0.2, -0.15) is 0 Å². The van der Waals surface area contributed by atoms with Crippen molar-refractivity contribution in [2.24, 2.45) is 5.14 Å². The number of rotatable bonds is 5. The van der Waals surface area contributed by atoms with Crippen LogP contribution in [0.4, 0.5) is 11.4 Å². The maximum absolute atomic E-state index is 11.8. The topological polar surface area (TPSA) is 127 Å². The van der Waals surface area contributed by atoms with Crippen LogP contribution in [0.5, 0.6) is 0 Å². The van der Waals surface area contributed by atoms with Gasteiger partial charge < -0.3 is 16.4 Å². The van der Waals surface area contributed by atoms with Gasteiger partial charge in [-0.1, -0.05) is 0 Å². The van der Waals surface area contributed by atoms with Crippen molar-refractivity contribution < 1.29 is 13.2 Å². The summed E-state index contributed by atoms with van der Waals surface area (Å²) >= 11 is 0. The number of carbonyl (C=O) groups is 1. The predicted octanol–water partition coefficient (Wildman–Crippen LogP) is -0.00480. The van der Waals surface area contributed by atoms with E-state index in [4.69, 9.17) is 10.9 Å². The molecule has 6 N–H and O–H groups in total. The molecule has 20 heavy (non-hydrogen) atoms. The van der Waals surface area contributed by atoms with Gasteiger partial charge in [0, 0.05) is 11.7 Å². The number of nitrogen functional groups attached to an aromatic ring is 1. The summed E-state index contributed by atoms with van der Waals surface area (Å²) in [6.07, 6.45) is 2.04. The molecule has 1 unspecified atom stereocenters. The van der Waals surface area contributed by atoms with Crippen molar-refractivity contribution in [3.8, 4) is 0 Å². The Kier molecular flexibility index (Phi) is 3.87. The number of anilines is 2. The molecule has 0 heterocycles. The first-order chi connectivity index (χ1) is 9.27. The van der Waals surface area contributed by atoms with Crippen molar-refractivity contribution in [2.45, 2.75) is 36.7 Å². The summed E-state index contributed by atoms with van der Waals surface area (Å²) in [5, 5.41) is 10.9. The third kappa shape index (κ3) is 3.61. The third-order valence-corrected chi connectivity index (χ3v) is 4.00. The Bertz CT molecular complexity index is 626. The average Bonchev–Trinajstić information content (AvgIpc) is 3.11. The van der Waals surface area contributed by atoms with Crippen LogP contribution in [0.2, 0.25) is 0 Å². The zero-order valence-corrected chi connectivity index (χ0v) is 11.9. The number of sulfonamides is 1. The van der Waals surface area contributed by atoms with Crippen LogP contribution >= 0.6 is 0 Å². The van der Waals surface area contributed by atoms with Crippen molar-refractivity contribution >= 4 is 27.3 Å². The first kappa shape index (κ1) is 14.6. The lowest BCUT2D eigenvalue weighted by atomic mass is 10.2. The van der Waals surface area contributed by atoms with Gasteiger partial charge in [0.05, 0.1) is 5.69 Å². The van der Waals surface area contributed by atoms with E-state index >= 15 is 0 Å². The highest BCUT2D eigenvalue weighted by Crippen LogP contribution is 2.22. The van der Waals surface area contributed by atoms with Gasteiger partial charge in [-0.25, -0.2) is 13.6 Å². The van der Waals surface area contributed by atoms with Crippen molar-refractivity contribution in [1.29, 1.82) is 0 Å². The van der Waals surface area contributed by atoms with E-state index in [1.807, 2.05) is 0 Å². The third-order valence-electron chi connectivity index (χ3n) is 3.02. The van der Waals surface area contributed by atoms with Gasteiger partial charge in [0.1, 0.15) is 10.9 Å². The highest BCUT2D eigenvalue weighted by Gasteiger charge is 2.25. The predicted molar refractivity (Wildman–Crippen MR) is 76.5 cm³/mol. The zero-order valence-electron chi connectivity index (χ0n) is 11.1. The van der Waals surface area contributed by atoms with Gasteiger partial charge in [0.25, 0.3) is 0 Å². The number of benzene rings is 1. The first-order valence-electron chi connectivity index (χ1n) is 6.26. The van der Waals surface area contributed by atoms with Crippen molar-refractivity contribution in [3.05, 3.63) is 18.2 Å². The summed E-state index contributed by atoms with van der Waals surface area (Å²) in [5.74, 6) is -0.0957. The fraction of sp³-hybridized carbons (Fsp3) is 0.417. The minimum atomic E-state index is -3.83. The van der Waals surface area contributed by atoms with Crippen molar-refractivity contribution in [2.75, 3.05) is 11.1 Å². The van der Waals surface area contributed by atoms with E-state index in [2.05, 4.69) is 10.6 Å². The molecule has 0 aromatic heterocycles. The Balaban J connectivity index is 2.06. The number of nitrogens with one attached hydrogen (secondary N) is 2. The Morgan fingerprint density at radius 3 is 2.55 bits per heavy atom. The molecule has 2 rings (SSSR count). The van der Waals surface area contributed by atoms with Crippen LogP contribution in [-0.2, 0) is 14.8 Å². The summed E-state index contributed by atoms with van der Waals surface area (Å²) < 4.78 is 22.5. The Morgan fingerprint density at radius 2 is 2.05 bits per heavy atom. The summed E-state index contributed by atoms with van der Waals surface area (Å²) in [5.41, 5.74) is 6.26. The fourth-order valence-corrected chi connectivity index (χ4v) is 2.41. The number of primary sulfonamides is 1. The monoisotopic (exact) mass is 298 g/mol. The second-order valence-corrected chi connectivity index (χ2v) is 6.48. The largest absolute Gasteiger partial charge is 0.398 e. The molecule has 1 fully saturated rings. The molecule has 1 aromatic rings. The molecule has 1 saturated carbocycles. The number of nitrogens with two attached hydrogens (primary N) is 2. The molecule has 0 saturated heterocycles. The Morgan fingerprint density at radius 1 is 1.40 bits per heavy atom. The molecule has 110 valence electrons. The molecule has 1 aliphatic rings. The van der Waals surface area contributed by atoms with Crippen LogP contribution in [0, 0.1) is 0 Å². The number of carbonyl (C=O) groups excluding carboxylic acids is 1. The molecule has 0 spiro atoms. The maximum Gasteiger partial charge on any atom is 0.242 e. The molecule has 1 aromatic carbocycles. The van der Waals surface area contributed by atoms with Crippen LogP contribution in [0.3, 0.4) is 0 Å². The Hall–Kier alpha value is -1.80. The standard InChI is InChI=1S/C12H18N4O3S/c1-7(12(17)16-8-2-3-8)15-9-4-5-11(10(13)6-9)20(14,18)19/h4-8,15H,2-3,13H2,1H3,(H,16,17)(H2,14,18,19). The lowest BCUT2D eigenvalue weighted by molar-refractivity contribution is -0.121. The fourth-order valence-electron chi connectivity index (χ4n) is 1.77. The summed E-state index contributed by atoms with van der Waals surface area (Å²) in [6, 6.07) is 4.15. The molecule has 8 heteroatoms. The average molecular weight is 298 g/mol. The molecule has 7 nitrogen and oxygen atoms in total. The summed E-state index contributed by atoms with van der Waals surface area (Å²) in [6.45, 7) is 1.72. The highest BCUT2D eigenvalue weighted by molar-refractivity contribution is 7.89. The van der Waals surface area contributed by atoms with Gasteiger partial charge >= 0.3 is 0 Å². The van der Waals surface area contributed by atoms with E-state index in [0.29, 0.717) is 11.7 Å². The quantitative estimate of drug-likeness (QED) is 0.569. The van der Waals surface area contributed by atoms with Gasteiger partial charge in [-0.3, -0.25) is 4.79 Å². The smallest absolute Gasteiger partial charge is 0.242 e. The zero-order chi connectivity index (χ0) is 14.9. The van der Waals surface area contributed by atoms with Crippen molar-refractivity contribution in [3.63, 3.8) is 0 Å². The highest BCUT2D eigenvalue weighted by atomic mass is 32.2. The number of hydrogen-bond donors (Lipinski definition) is 4. The van der Waals surface area contributed by atoms with E-state index in [1.54, 1.807) is 6.92 Å². The lowest BCUT2D eigenvalue weighted by Crippen LogP contribution is -2.38. The minimum absolute atomic E-state index is 0.0484. The van der Waals surface area contributed by atoms with E-state index in [9.17, 15) is 13.2 Å². The minimum Gasteiger partial charge on any atom is -0.398 e. The lowest BCUT2D eigenvalue weighted by Gasteiger charge is -2.16. The van der Waals surface area contributed by atoms with Gasteiger partial charge in [-0.05, 0) is 38.0 Å². The van der Waals surface area contributed by atoms with Gasteiger partial charge in [0.2, 0.25) is 15.9 Å². The molecular formula is C12H18N4O3S. The molecule has 0 aliphatic heterocycles. The van der Waals surface area contributed by atoms with E-state index < -0.39 is 16.1 Å². The van der Waals surface area contributed by atoms with Crippen LogP contribution in [0.15, 0.2) is 23.1 Å². The number of hydrogen-bond acceptors (Lipinski definition) is 5. The molecule has 0 bridgehead atoms. The molecule has 1 atom stereocenters. The van der Waals surface area contributed by atoms with Crippen LogP contribution < -0.4 is 21.5 Å². The van der Waals surface area contributed by atoms with Crippen molar-refractivity contribution in [1.82, 2.24) is 5.32 Å². The summed E-state index contributed by atoms with van der Waals surface area (Å²) in [4.78, 5) is 11.7. The van der Waals surface area contributed by atoms with Gasteiger partial charge in [0.15, 0.2) is 0 Å². The normalized spacial score (nSPS) is 16.5. The van der Waals surface area contributed by atoms with Crippen LogP contribution in [0.25, 0.3) is 0 Å². The van der Waals surface area contributed by atoms with Gasteiger partial charge in [-0.15, -0.1) is 0 Å².